The van der Waals surface area contributed by atoms with Gasteiger partial charge in [-0.2, -0.15) is 0 Å². The van der Waals surface area contributed by atoms with E-state index in [4.69, 9.17) is 10.3 Å². The molecule has 0 radical (unpaired) electrons. The minimum Gasteiger partial charge on any atom is -0.366 e. The highest BCUT2D eigenvalue weighted by molar-refractivity contribution is 8.00. The zero-order valence-corrected chi connectivity index (χ0v) is 18.2. The van der Waals surface area contributed by atoms with E-state index < -0.39 is 10.8 Å². The van der Waals surface area contributed by atoms with Gasteiger partial charge in [0.2, 0.25) is 11.8 Å². The van der Waals surface area contributed by atoms with Crippen molar-refractivity contribution in [3.8, 4) is 11.3 Å². The Bertz CT molecular complexity index is 1120. The monoisotopic (exact) mass is 454 g/mol. The number of nitro benzene ring substituents is 1. The van der Waals surface area contributed by atoms with Crippen LogP contribution in [0.5, 0.6) is 0 Å². The maximum absolute atomic E-state index is 12.4. The van der Waals surface area contributed by atoms with Crippen LogP contribution in [-0.2, 0) is 11.2 Å². The van der Waals surface area contributed by atoms with Crippen LogP contribution in [0.15, 0.2) is 64.0 Å². The molecule has 9 nitrogen and oxygen atoms in total. The summed E-state index contributed by atoms with van der Waals surface area (Å²) in [4.78, 5) is 36.2. The van der Waals surface area contributed by atoms with Gasteiger partial charge in [0, 0.05) is 43.3 Å². The van der Waals surface area contributed by atoms with Gasteiger partial charge >= 0.3 is 0 Å². The number of nitrogens with zero attached hydrogens (tertiary/aromatic N) is 3. The molecule has 3 aromatic rings. The van der Waals surface area contributed by atoms with Crippen molar-refractivity contribution in [2.24, 2.45) is 5.73 Å². The highest BCUT2D eigenvalue weighted by Crippen LogP contribution is 2.30. The van der Waals surface area contributed by atoms with Crippen molar-refractivity contribution in [1.82, 2.24) is 10.1 Å². The molecule has 2 aromatic carbocycles. The second-order valence-electron chi connectivity index (χ2n) is 7.06. The molecule has 0 atom stereocenters. The van der Waals surface area contributed by atoms with E-state index in [1.807, 2.05) is 36.4 Å². The lowest BCUT2D eigenvalue weighted by atomic mass is 10.1. The largest absolute Gasteiger partial charge is 0.366 e. The van der Waals surface area contributed by atoms with Crippen molar-refractivity contribution < 1.29 is 19.0 Å². The molecule has 0 spiro atoms. The number of aryl methyl sites for hydroxylation is 1. The van der Waals surface area contributed by atoms with E-state index in [-0.39, 0.29) is 22.9 Å². The molecule has 0 saturated heterocycles. The summed E-state index contributed by atoms with van der Waals surface area (Å²) in [7, 11) is 1.68. The van der Waals surface area contributed by atoms with Crippen molar-refractivity contribution in [1.29, 1.82) is 0 Å². The summed E-state index contributed by atoms with van der Waals surface area (Å²) in [5.74, 6) is -0.133. The number of benzene rings is 2. The number of carbonyl (C=O) groups is 2. The summed E-state index contributed by atoms with van der Waals surface area (Å²) in [6.45, 7) is 0.503. The number of thioether (sulfide) groups is 1. The molecule has 0 aliphatic carbocycles. The van der Waals surface area contributed by atoms with E-state index in [1.54, 1.807) is 11.9 Å². The van der Waals surface area contributed by atoms with Gasteiger partial charge in [0.1, 0.15) is 11.5 Å². The lowest BCUT2D eigenvalue weighted by Gasteiger charge is -2.16. The molecule has 166 valence electrons. The molecule has 10 heteroatoms. The maximum atomic E-state index is 12.4. The lowest BCUT2D eigenvalue weighted by Crippen LogP contribution is -2.29. The van der Waals surface area contributed by atoms with Crippen molar-refractivity contribution in [3.05, 3.63) is 76.0 Å². The van der Waals surface area contributed by atoms with Gasteiger partial charge in [-0.05, 0) is 18.6 Å². The first-order valence-electron chi connectivity index (χ1n) is 9.81. The van der Waals surface area contributed by atoms with Crippen LogP contribution in [0.4, 0.5) is 5.69 Å². The summed E-state index contributed by atoms with van der Waals surface area (Å²) in [5.41, 5.74) is 6.72. The zero-order valence-electron chi connectivity index (χ0n) is 17.4. The van der Waals surface area contributed by atoms with E-state index in [0.29, 0.717) is 24.3 Å². The Labute approximate surface area is 188 Å². The predicted octanol–water partition coefficient (Wildman–Crippen LogP) is 3.53. The quantitative estimate of drug-likeness (QED) is 0.281. The normalized spacial score (nSPS) is 10.7. The Morgan fingerprint density at radius 3 is 2.62 bits per heavy atom. The molecule has 3 rings (SSSR count). The molecule has 1 heterocycles. The number of aromatic nitrogens is 1. The third-order valence-electron chi connectivity index (χ3n) is 4.76. The molecule has 0 fully saturated rings. The van der Waals surface area contributed by atoms with Gasteiger partial charge in [0.15, 0.2) is 0 Å². The Balaban J connectivity index is 1.49. The summed E-state index contributed by atoms with van der Waals surface area (Å²) in [6.07, 6.45) is 1.31. The van der Waals surface area contributed by atoms with Gasteiger partial charge in [-0.3, -0.25) is 19.7 Å². The average molecular weight is 455 g/mol. The number of carbonyl (C=O) groups excluding carboxylic acids is 2. The number of primary amides is 1. The van der Waals surface area contributed by atoms with Crippen LogP contribution in [0.1, 0.15) is 22.5 Å². The van der Waals surface area contributed by atoms with Gasteiger partial charge in [-0.25, -0.2) is 0 Å². The number of nitro groups is 1. The third-order valence-corrected chi connectivity index (χ3v) is 5.81. The first kappa shape index (κ1) is 23.0. The number of rotatable bonds is 10. The van der Waals surface area contributed by atoms with Crippen molar-refractivity contribution >= 4 is 29.3 Å². The van der Waals surface area contributed by atoms with Crippen LogP contribution in [0.25, 0.3) is 11.3 Å². The van der Waals surface area contributed by atoms with Gasteiger partial charge in [-0.1, -0.05) is 35.5 Å². The van der Waals surface area contributed by atoms with E-state index in [2.05, 4.69) is 5.16 Å². The van der Waals surface area contributed by atoms with Crippen LogP contribution in [0.2, 0.25) is 0 Å². The van der Waals surface area contributed by atoms with E-state index in [9.17, 15) is 19.7 Å². The molecular formula is C22H22N4O5S. The fourth-order valence-electron chi connectivity index (χ4n) is 2.98. The van der Waals surface area contributed by atoms with E-state index in [0.717, 1.165) is 34.8 Å². The first-order chi connectivity index (χ1) is 15.3. The number of hydrogen-bond donors (Lipinski definition) is 1. The summed E-state index contributed by atoms with van der Waals surface area (Å²) >= 11 is 1.05. The number of hydrogen-bond acceptors (Lipinski definition) is 7. The standard InChI is InChI=1S/C22H22N4O5S/c1-25(11-5-8-17-13-18(24-31-17)15-6-3-2-4-7-15)21(27)14-32-20-10-9-16(22(23)28)12-19(20)26(29)30/h2-4,6-7,9-10,12-13H,5,8,11,14H2,1H3,(H2,23,28). The summed E-state index contributed by atoms with van der Waals surface area (Å²) in [6, 6.07) is 15.6. The van der Waals surface area contributed by atoms with Crippen LogP contribution < -0.4 is 5.73 Å². The molecule has 2 N–H and O–H groups in total. The Morgan fingerprint density at radius 2 is 1.94 bits per heavy atom. The lowest BCUT2D eigenvalue weighted by molar-refractivity contribution is -0.387. The number of nitrogens with two attached hydrogens (primary N) is 1. The smallest absolute Gasteiger partial charge is 0.283 e. The molecule has 0 aliphatic heterocycles. The highest BCUT2D eigenvalue weighted by atomic mass is 32.2. The topological polar surface area (TPSA) is 133 Å². The van der Waals surface area contributed by atoms with E-state index in [1.165, 1.54) is 12.1 Å². The fourth-order valence-corrected chi connectivity index (χ4v) is 3.92. The molecule has 0 aliphatic rings. The second-order valence-corrected chi connectivity index (χ2v) is 8.07. The minimum atomic E-state index is -0.747. The van der Waals surface area contributed by atoms with Gasteiger partial charge in [-0.15, -0.1) is 11.8 Å². The second kappa shape index (κ2) is 10.6. The Morgan fingerprint density at radius 1 is 1.19 bits per heavy atom. The van der Waals surface area contributed by atoms with Crippen molar-refractivity contribution in [2.45, 2.75) is 17.7 Å². The van der Waals surface area contributed by atoms with Gasteiger partial charge in [0.25, 0.3) is 5.69 Å². The SMILES string of the molecule is CN(CCCc1cc(-c2ccccc2)no1)C(=O)CSc1ccc(C(N)=O)cc1[N+](=O)[O-]. The van der Waals surface area contributed by atoms with E-state index >= 15 is 0 Å². The highest BCUT2D eigenvalue weighted by Gasteiger charge is 2.19. The molecule has 0 saturated carbocycles. The molecule has 1 aromatic heterocycles. The molecule has 0 bridgehead atoms. The first-order valence-corrected chi connectivity index (χ1v) is 10.8. The van der Waals surface area contributed by atoms with Crippen LogP contribution in [0, 0.1) is 10.1 Å². The fraction of sp³-hybridized carbons (Fsp3) is 0.227. The number of amides is 2. The molecular weight excluding hydrogens is 432 g/mol. The predicted molar refractivity (Wildman–Crippen MR) is 120 cm³/mol. The maximum Gasteiger partial charge on any atom is 0.283 e. The molecule has 32 heavy (non-hydrogen) atoms. The average Bonchev–Trinajstić information content (AvgIpc) is 3.26. The van der Waals surface area contributed by atoms with Crippen LogP contribution >= 0.6 is 11.8 Å². The minimum absolute atomic E-state index is 0.0354. The third kappa shape index (κ3) is 5.94. The van der Waals surface area contributed by atoms with Crippen LogP contribution in [-0.4, -0.2) is 46.1 Å². The zero-order chi connectivity index (χ0) is 23.1. The van der Waals surface area contributed by atoms with Gasteiger partial charge < -0.3 is 15.2 Å². The molecule has 0 unspecified atom stereocenters. The Hall–Kier alpha value is -3.66. The van der Waals surface area contributed by atoms with Gasteiger partial charge in [0.05, 0.1) is 15.6 Å². The van der Waals surface area contributed by atoms with Crippen molar-refractivity contribution in [2.75, 3.05) is 19.3 Å². The summed E-state index contributed by atoms with van der Waals surface area (Å²) in [5, 5.41) is 15.4. The summed E-state index contributed by atoms with van der Waals surface area (Å²) < 4.78 is 5.37. The molecule has 2 amide bonds. The van der Waals surface area contributed by atoms with Crippen molar-refractivity contribution in [3.63, 3.8) is 0 Å². The van der Waals surface area contributed by atoms with Crippen LogP contribution in [0.3, 0.4) is 0 Å². The Kier molecular flexibility index (Phi) is 7.61.